The van der Waals surface area contributed by atoms with Gasteiger partial charge in [-0.15, -0.1) is 0 Å². The molecule has 0 bridgehead atoms. The maximum Gasteiger partial charge on any atom is 0.433 e. The van der Waals surface area contributed by atoms with E-state index >= 15 is 0 Å². The Hall–Kier alpha value is -2.32. The van der Waals surface area contributed by atoms with E-state index in [4.69, 9.17) is 0 Å². The van der Waals surface area contributed by atoms with Gasteiger partial charge in [-0.3, -0.25) is 14.2 Å². The van der Waals surface area contributed by atoms with Gasteiger partial charge < -0.3 is 5.32 Å². The van der Waals surface area contributed by atoms with Crippen molar-refractivity contribution in [3.05, 3.63) is 29.3 Å². The highest BCUT2D eigenvalue weighted by Crippen LogP contribution is 2.29. The fourth-order valence-corrected chi connectivity index (χ4v) is 2.11. The quantitative estimate of drug-likeness (QED) is 0.942. The highest BCUT2D eigenvalue weighted by molar-refractivity contribution is 5.90. The maximum absolute atomic E-state index is 12.8. The van der Waals surface area contributed by atoms with Gasteiger partial charge in [-0.05, 0) is 26.8 Å². The van der Waals surface area contributed by atoms with Crippen LogP contribution in [-0.2, 0) is 24.1 Å². The minimum atomic E-state index is -4.55. The lowest BCUT2D eigenvalue weighted by Crippen LogP contribution is -2.23. The normalized spacial score (nSPS) is 11.7. The highest BCUT2D eigenvalue weighted by atomic mass is 19.4. The number of halogens is 3. The molecule has 0 aliphatic rings. The third kappa shape index (κ3) is 3.29. The summed E-state index contributed by atoms with van der Waals surface area (Å²) in [5.74, 6) is -0.590. The Morgan fingerprint density at radius 2 is 2.00 bits per heavy atom. The molecule has 0 aliphatic heterocycles. The molecule has 0 aromatic carbocycles. The number of rotatable bonds is 4. The first-order valence-corrected chi connectivity index (χ1v) is 6.66. The highest BCUT2D eigenvalue weighted by Gasteiger charge is 2.35. The first-order chi connectivity index (χ1) is 10.2. The number of aromatic nitrogens is 4. The minimum absolute atomic E-state index is 0.204. The first-order valence-electron chi connectivity index (χ1n) is 6.66. The Bertz CT molecular complexity index is 686. The molecule has 9 heteroatoms. The number of amides is 1. The van der Waals surface area contributed by atoms with Gasteiger partial charge in [0.2, 0.25) is 5.91 Å². The molecule has 0 saturated carbocycles. The summed E-state index contributed by atoms with van der Waals surface area (Å²) in [5, 5.41) is 10.3. The number of alkyl halides is 3. The van der Waals surface area contributed by atoms with Gasteiger partial charge in [-0.25, -0.2) is 0 Å². The second kappa shape index (κ2) is 5.82. The van der Waals surface area contributed by atoms with Crippen molar-refractivity contribution >= 4 is 11.6 Å². The topological polar surface area (TPSA) is 64.7 Å². The van der Waals surface area contributed by atoms with E-state index in [-0.39, 0.29) is 5.69 Å². The first kappa shape index (κ1) is 16.1. The summed E-state index contributed by atoms with van der Waals surface area (Å²) in [5.41, 5.74) is 0.476. The predicted molar refractivity (Wildman–Crippen MR) is 73.2 cm³/mol. The van der Waals surface area contributed by atoms with Crippen LogP contribution in [0.1, 0.15) is 24.0 Å². The zero-order valence-electron chi connectivity index (χ0n) is 12.4. The number of aryl methyl sites for hydroxylation is 2. The van der Waals surface area contributed by atoms with Gasteiger partial charge in [-0.1, -0.05) is 0 Å². The molecule has 0 saturated heterocycles. The monoisotopic (exact) mass is 315 g/mol. The van der Waals surface area contributed by atoms with Gasteiger partial charge in [0.1, 0.15) is 12.2 Å². The minimum Gasteiger partial charge on any atom is -0.322 e. The van der Waals surface area contributed by atoms with Crippen molar-refractivity contribution in [1.29, 1.82) is 0 Å². The molecule has 0 fully saturated rings. The number of nitrogens with zero attached hydrogens (tertiary/aromatic N) is 4. The Morgan fingerprint density at radius 1 is 1.32 bits per heavy atom. The van der Waals surface area contributed by atoms with Crippen LogP contribution in [0.2, 0.25) is 0 Å². The van der Waals surface area contributed by atoms with Crippen LogP contribution in [0.3, 0.4) is 0 Å². The lowest BCUT2D eigenvalue weighted by molar-refractivity contribution is -0.144. The molecule has 2 aromatic heterocycles. The molecule has 0 unspecified atom stereocenters. The molecule has 1 amide bonds. The van der Waals surface area contributed by atoms with Crippen LogP contribution in [-0.4, -0.2) is 25.5 Å². The van der Waals surface area contributed by atoms with E-state index in [2.05, 4.69) is 15.5 Å². The number of hydrogen-bond acceptors (Lipinski definition) is 3. The molecule has 6 nitrogen and oxygen atoms in total. The smallest absolute Gasteiger partial charge is 0.322 e. The van der Waals surface area contributed by atoms with Crippen LogP contribution in [0.5, 0.6) is 0 Å². The van der Waals surface area contributed by atoms with Crippen molar-refractivity contribution in [2.24, 2.45) is 0 Å². The largest absolute Gasteiger partial charge is 0.433 e. The third-order valence-corrected chi connectivity index (χ3v) is 3.16. The second-order valence-corrected chi connectivity index (χ2v) is 4.83. The van der Waals surface area contributed by atoms with E-state index in [0.717, 1.165) is 11.8 Å². The Labute approximate surface area is 124 Å². The molecule has 2 rings (SSSR count). The van der Waals surface area contributed by atoms with Crippen LogP contribution < -0.4 is 5.32 Å². The average molecular weight is 315 g/mol. The van der Waals surface area contributed by atoms with E-state index in [1.807, 2.05) is 6.92 Å². The molecular formula is C13H16F3N5O. The van der Waals surface area contributed by atoms with Crippen LogP contribution in [0.4, 0.5) is 18.9 Å². The van der Waals surface area contributed by atoms with Gasteiger partial charge in [0.25, 0.3) is 0 Å². The number of carbonyl (C=O) groups is 1. The molecular weight excluding hydrogens is 299 g/mol. The van der Waals surface area contributed by atoms with Crippen LogP contribution >= 0.6 is 0 Å². The summed E-state index contributed by atoms with van der Waals surface area (Å²) in [4.78, 5) is 11.9. The van der Waals surface area contributed by atoms with Crippen LogP contribution in [0.25, 0.3) is 0 Å². The van der Waals surface area contributed by atoms with Gasteiger partial charge in [0.15, 0.2) is 0 Å². The van der Waals surface area contributed by atoms with E-state index in [1.165, 1.54) is 13.1 Å². The van der Waals surface area contributed by atoms with Gasteiger partial charge in [0.05, 0.1) is 23.3 Å². The molecule has 22 heavy (non-hydrogen) atoms. The van der Waals surface area contributed by atoms with Crippen LogP contribution in [0, 0.1) is 13.8 Å². The maximum atomic E-state index is 12.8. The van der Waals surface area contributed by atoms with E-state index in [9.17, 15) is 18.0 Å². The van der Waals surface area contributed by atoms with Crippen molar-refractivity contribution in [3.8, 4) is 0 Å². The van der Waals surface area contributed by atoms with Gasteiger partial charge in [0, 0.05) is 6.54 Å². The second-order valence-electron chi connectivity index (χ2n) is 4.83. The van der Waals surface area contributed by atoms with Crippen molar-refractivity contribution in [3.63, 3.8) is 0 Å². The molecule has 120 valence electrons. The molecule has 2 aromatic rings. The molecule has 1 N–H and O–H groups in total. The van der Waals surface area contributed by atoms with E-state index < -0.39 is 24.3 Å². The molecule has 0 atom stereocenters. The zero-order chi connectivity index (χ0) is 16.5. The van der Waals surface area contributed by atoms with Gasteiger partial charge >= 0.3 is 6.18 Å². The summed E-state index contributed by atoms with van der Waals surface area (Å²) in [6, 6.07) is 0.910. The number of hydrogen-bond donors (Lipinski definition) is 1. The Morgan fingerprint density at radius 3 is 2.55 bits per heavy atom. The number of carbonyl (C=O) groups excluding carboxylic acids is 1. The average Bonchev–Trinajstić information content (AvgIpc) is 2.93. The molecule has 0 aliphatic carbocycles. The van der Waals surface area contributed by atoms with E-state index in [0.29, 0.717) is 16.9 Å². The Balaban J connectivity index is 2.14. The molecule has 0 radical (unpaired) electrons. The summed E-state index contributed by atoms with van der Waals surface area (Å²) in [6.07, 6.45) is -3.08. The fourth-order valence-electron chi connectivity index (χ4n) is 2.11. The van der Waals surface area contributed by atoms with Crippen molar-refractivity contribution in [2.75, 3.05) is 5.32 Å². The summed E-state index contributed by atoms with van der Waals surface area (Å²) in [7, 11) is 0. The summed E-state index contributed by atoms with van der Waals surface area (Å²) < 4.78 is 40.9. The lowest BCUT2D eigenvalue weighted by atomic mass is 10.3. The standard InChI is InChI=1S/C13H16F3N5O/c1-4-20-9(3)10(6-17-20)18-12(22)7-21-11(13(14,15)16)5-8(2)19-21/h5-6H,4,7H2,1-3H3,(H,18,22). The van der Waals surface area contributed by atoms with Crippen LogP contribution in [0.15, 0.2) is 12.3 Å². The summed E-state index contributed by atoms with van der Waals surface area (Å²) >= 11 is 0. The van der Waals surface area contributed by atoms with Crippen molar-refractivity contribution in [2.45, 2.75) is 40.0 Å². The number of anilines is 1. The lowest BCUT2D eigenvalue weighted by Gasteiger charge is -2.10. The SMILES string of the molecule is CCn1ncc(NC(=O)Cn2nc(C)cc2C(F)(F)F)c1C. The third-order valence-electron chi connectivity index (χ3n) is 3.16. The fraction of sp³-hybridized carbons (Fsp3) is 0.462. The van der Waals surface area contributed by atoms with Crippen molar-refractivity contribution < 1.29 is 18.0 Å². The number of nitrogens with one attached hydrogen (secondary N) is 1. The van der Waals surface area contributed by atoms with Crippen molar-refractivity contribution in [1.82, 2.24) is 19.6 Å². The van der Waals surface area contributed by atoms with Gasteiger partial charge in [-0.2, -0.15) is 23.4 Å². The summed E-state index contributed by atoms with van der Waals surface area (Å²) in [6.45, 7) is 5.23. The Kier molecular flexibility index (Phi) is 4.25. The predicted octanol–water partition coefficient (Wildman–Crippen LogP) is 2.37. The molecule has 0 spiro atoms. The van der Waals surface area contributed by atoms with E-state index in [1.54, 1.807) is 11.6 Å². The molecule has 2 heterocycles. The zero-order valence-corrected chi connectivity index (χ0v) is 12.4.